The lowest BCUT2D eigenvalue weighted by Crippen LogP contribution is -2.44. The summed E-state index contributed by atoms with van der Waals surface area (Å²) in [7, 11) is 4.57. The fraction of sp³-hybridized carbons (Fsp3) is 0.457. The van der Waals surface area contributed by atoms with Gasteiger partial charge in [-0.2, -0.15) is 0 Å². The number of H-pyrrole nitrogens is 5. The summed E-state index contributed by atoms with van der Waals surface area (Å²) in [5.74, 6) is 12.8. The molecule has 0 aromatic carbocycles. The molecule has 0 atom stereocenters. The molecule has 10 aromatic rings. The van der Waals surface area contributed by atoms with Gasteiger partial charge >= 0.3 is 0 Å². The first kappa shape index (κ1) is 81.9. The standard InChI is InChI=1S/2C19H23N3O2.3C18H21N3O2/c1-5-13-11-15-16(12-20-13)21-18(23)14(6-2)17(15)22-9-7-19(3,24-4)8-10-22;1-5-13-7-8-15-16(20-13)17(14(6-2)18(23)21-15)22-11-9-19(3,24-4)10-12-22;2*1-5-13-16(21-8-6-18(3,23-4)7-9-21)14-10-12(2)19-11-15(14)20-17(13)22;1-5-13-16(21-10-8-18(3,23-4)9-11-21)15-14(20-17(13)22)7-6-12(2)19-15/h2,11-12H,5,7-10H2,1,3-4H3,(H,21,23);2,7-8H,5,9-12H2,1,3-4H3,(H,21,23);2*1,10-11H,6-9H2,2-4H3,(H,20,22);1,6-7H,8-11H2,2-4H3,(H,20,22)/i;;4D3;;. The number of ether oxygens (including phenoxy) is 5. The maximum absolute atomic E-state index is 12.4. The van der Waals surface area contributed by atoms with Crippen LogP contribution >= 0.6 is 0 Å². The van der Waals surface area contributed by atoms with Crippen molar-refractivity contribution in [3.8, 4) is 61.7 Å². The number of pyridine rings is 10. The molecule has 0 aliphatic carbocycles. The van der Waals surface area contributed by atoms with Crippen molar-refractivity contribution in [1.29, 1.82) is 0 Å². The number of hydrogen-bond acceptors (Lipinski definition) is 20. The second-order valence-corrected chi connectivity index (χ2v) is 31.9. The third kappa shape index (κ3) is 18.6. The fourth-order valence-electron chi connectivity index (χ4n) is 15.8. The van der Waals surface area contributed by atoms with Gasteiger partial charge in [0.1, 0.15) is 38.9 Å². The van der Waals surface area contributed by atoms with Gasteiger partial charge in [0.15, 0.2) is 0 Å². The highest BCUT2D eigenvalue weighted by molar-refractivity contribution is 5.97. The highest BCUT2D eigenvalue weighted by atomic mass is 16.5. The summed E-state index contributed by atoms with van der Waals surface area (Å²) in [5.41, 5.74) is 12.9. The summed E-state index contributed by atoms with van der Waals surface area (Å²) < 4.78 is 49.8. The second-order valence-electron chi connectivity index (χ2n) is 31.9. The summed E-state index contributed by atoms with van der Waals surface area (Å²) in [4.78, 5) is 109. The molecule has 0 spiro atoms. The summed E-state index contributed by atoms with van der Waals surface area (Å²) >= 11 is 0. The number of aromatic amines is 5. The summed E-state index contributed by atoms with van der Waals surface area (Å²) in [6.07, 6.45) is 43.0. The third-order valence-electron chi connectivity index (χ3n) is 24.2. The number of aromatic nitrogens is 10. The van der Waals surface area contributed by atoms with Crippen LogP contribution in [0.4, 0.5) is 28.4 Å². The van der Waals surface area contributed by atoms with Gasteiger partial charge in [-0.1, -0.05) is 43.4 Å². The van der Waals surface area contributed by atoms with Gasteiger partial charge in [0, 0.05) is 146 Å². The van der Waals surface area contributed by atoms with Crippen LogP contribution in [0.1, 0.15) is 173 Å². The number of aryl methyl sites for hydroxylation is 5. The van der Waals surface area contributed by atoms with Crippen molar-refractivity contribution in [1.82, 2.24) is 49.8 Å². The molecule has 5 aliphatic heterocycles. The number of nitrogens with one attached hydrogen (secondary N) is 5. The lowest BCUT2D eigenvalue weighted by atomic mass is 9.92. The maximum Gasteiger partial charge on any atom is 0.266 e. The molecule has 0 saturated carbocycles. The largest absolute Gasteiger partial charge is 0.378 e. The van der Waals surface area contributed by atoms with Gasteiger partial charge in [0.25, 0.3) is 27.8 Å². The first-order valence-electron chi connectivity index (χ1n) is 41.3. The van der Waals surface area contributed by atoms with E-state index in [-0.39, 0.29) is 55.8 Å². The number of hydrogen-bond donors (Lipinski definition) is 5. The highest BCUT2D eigenvalue weighted by Crippen LogP contribution is 2.40. The number of rotatable bonds is 12. The monoisotopic (exact) mass is 1590 g/mol. The zero-order valence-electron chi connectivity index (χ0n) is 72.8. The van der Waals surface area contributed by atoms with E-state index in [0.717, 1.165) is 217 Å². The Morgan fingerprint density at radius 1 is 0.368 bits per heavy atom. The van der Waals surface area contributed by atoms with Gasteiger partial charge in [-0.05, 0) is 175 Å². The Kier molecular flexibility index (Phi) is 25.4. The highest BCUT2D eigenvalue weighted by Gasteiger charge is 2.38. The Hall–Kier alpha value is -11.6. The molecule has 0 bridgehead atoms. The Labute approximate surface area is 688 Å². The SMILES string of the molecule is C#Cc1c(N2CCC(C)(OC)CC2)c2cc(C)ncc2[nH]c1=O.C#Cc1c(N2CCC(C)(OC)CC2)c2cc(CC)ncc2[nH]c1=O.C#Cc1c(N2CCC(C)(OC)CC2)c2nc(C)ccc2[nH]c1=O.C#Cc1c(N2CCC(C)(OC)CC2)c2nc(CC)ccc2[nH]c1=O.[2H]C([2H])([2H])OC1(C)CCN(c2c(C#C)c(=O)[nH]c3cnc(C)cc23)CC1. The lowest BCUT2D eigenvalue weighted by molar-refractivity contribution is -0.0134. The average molecular weight is 1590 g/mol. The molecule has 5 fully saturated rings. The molecule has 15 heterocycles. The van der Waals surface area contributed by atoms with Crippen LogP contribution in [-0.4, -0.2) is 179 Å². The smallest absolute Gasteiger partial charge is 0.266 e. The first-order chi connectivity index (χ1) is 57.1. The number of fused-ring (bicyclic) bond motifs is 5. The van der Waals surface area contributed by atoms with Crippen LogP contribution in [0.3, 0.4) is 0 Å². The van der Waals surface area contributed by atoms with Gasteiger partial charge in [0.05, 0.1) is 107 Å². The van der Waals surface area contributed by atoms with Gasteiger partial charge in [-0.3, -0.25) is 38.9 Å². The van der Waals surface area contributed by atoms with Crippen LogP contribution in [-0.2, 0) is 36.5 Å². The molecular weight excluding hydrogens is 1480 g/mol. The minimum Gasteiger partial charge on any atom is -0.378 e. The van der Waals surface area contributed by atoms with Crippen LogP contribution in [0.5, 0.6) is 0 Å². The quantitative estimate of drug-likeness (QED) is 0.0710. The molecule has 117 heavy (non-hydrogen) atoms. The molecule has 5 N–H and O–H groups in total. The predicted octanol–water partition coefficient (Wildman–Crippen LogP) is 11.6. The third-order valence-corrected chi connectivity index (χ3v) is 24.2. The minimum atomic E-state index is -2.43. The molecule has 0 amide bonds. The summed E-state index contributed by atoms with van der Waals surface area (Å²) in [5, 5.41) is 2.76. The van der Waals surface area contributed by atoms with E-state index in [4.69, 9.17) is 64.9 Å². The van der Waals surface area contributed by atoms with E-state index in [1.165, 1.54) is 0 Å². The van der Waals surface area contributed by atoms with E-state index in [0.29, 0.717) is 59.4 Å². The van der Waals surface area contributed by atoms with E-state index < -0.39 is 12.6 Å². The zero-order valence-corrected chi connectivity index (χ0v) is 69.8. The number of terminal acetylenes is 5. The number of anilines is 5. The normalized spacial score (nSPS) is 17.6. The topological polar surface area (TPSA) is 291 Å². The molecule has 15 rings (SSSR count). The van der Waals surface area contributed by atoms with Gasteiger partial charge < -0.3 is 73.1 Å². The summed E-state index contributed by atoms with van der Waals surface area (Å²) in [6, 6.07) is 13.5. The van der Waals surface area contributed by atoms with Crippen molar-refractivity contribution in [2.75, 3.05) is 125 Å². The van der Waals surface area contributed by atoms with Gasteiger partial charge in [0.2, 0.25) is 0 Å². The van der Waals surface area contributed by atoms with Crippen LogP contribution in [0.25, 0.3) is 54.8 Å². The van der Waals surface area contributed by atoms with E-state index >= 15 is 0 Å². The minimum absolute atomic E-state index is 0.110. The van der Waals surface area contributed by atoms with Crippen molar-refractivity contribution in [2.45, 2.75) is 174 Å². The molecule has 0 unspecified atom stereocenters. The Bertz CT molecular complexity index is 5740. The van der Waals surface area contributed by atoms with Crippen molar-refractivity contribution >= 4 is 83.2 Å². The van der Waals surface area contributed by atoms with Crippen molar-refractivity contribution in [3.63, 3.8) is 0 Å². The van der Waals surface area contributed by atoms with Crippen LogP contribution in [0.15, 0.2) is 85.0 Å². The van der Waals surface area contributed by atoms with E-state index in [2.05, 4.69) is 136 Å². The number of methoxy groups -OCH3 is 5. The molecule has 0 radical (unpaired) electrons. The Balaban J connectivity index is 0.000000147. The van der Waals surface area contributed by atoms with E-state index in [1.54, 1.807) is 47.0 Å². The first-order valence-corrected chi connectivity index (χ1v) is 39.8. The van der Waals surface area contributed by atoms with Crippen LogP contribution in [0, 0.1) is 82.5 Å². The summed E-state index contributed by atoms with van der Waals surface area (Å²) in [6.45, 7) is 27.6. The lowest BCUT2D eigenvalue weighted by Gasteiger charge is -2.40. The van der Waals surface area contributed by atoms with Crippen molar-refractivity contribution in [3.05, 3.63) is 169 Å². The van der Waals surface area contributed by atoms with Crippen molar-refractivity contribution in [2.24, 2.45) is 0 Å². The average Bonchev–Trinajstić information content (AvgIpc) is 0.761. The number of piperidine rings is 5. The van der Waals surface area contributed by atoms with Crippen molar-refractivity contribution < 1.29 is 27.8 Å². The molecule has 25 nitrogen and oxygen atoms in total. The van der Waals surface area contributed by atoms with Crippen LogP contribution in [0.2, 0.25) is 0 Å². The Morgan fingerprint density at radius 2 is 0.641 bits per heavy atom. The van der Waals surface area contributed by atoms with E-state index in [9.17, 15) is 24.0 Å². The zero-order chi connectivity index (χ0) is 87.0. The van der Waals surface area contributed by atoms with E-state index in [1.807, 2.05) is 75.1 Å². The van der Waals surface area contributed by atoms with Gasteiger partial charge in [-0.15, -0.1) is 32.1 Å². The second kappa shape index (κ2) is 36.3. The predicted molar refractivity (Wildman–Crippen MR) is 469 cm³/mol. The molecule has 612 valence electrons. The molecular formula is C92H109N15O10. The molecule has 25 heteroatoms. The van der Waals surface area contributed by atoms with Crippen LogP contribution < -0.4 is 52.3 Å². The fourth-order valence-corrected chi connectivity index (χ4v) is 15.8. The molecule has 5 saturated heterocycles. The molecule has 10 aromatic heterocycles. The maximum atomic E-state index is 12.4. The Morgan fingerprint density at radius 3 is 0.949 bits per heavy atom. The van der Waals surface area contributed by atoms with Gasteiger partial charge in [-0.25, -0.2) is 9.97 Å². The number of nitrogens with zero attached hydrogens (tertiary/aromatic N) is 10. The molecule has 5 aliphatic rings.